The fourth-order valence-corrected chi connectivity index (χ4v) is 4.34. The SMILES string of the molecule is CCNC1(CO)CCc2ccc(-c3nnc(-c4ccc(OC(C)C)c(C)c4)o3)cc2C1. The third-order valence-electron chi connectivity index (χ3n) is 5.92. The van der Waals surface area contributed by atoms with Gasteiger partial charge in [-0.3, -0.25) is 0 Å². The lowest BCUT2D eigenvalue weighted by Crippen LogP contribution is -2.52. The van der Waals surface area contributed by atoms with Gasteiger partial charge in [0, 0.05) is 16.7 Å². The number of nitrogens with one attached hydrogen (secondary N) is 1. The van der Waals surface area contributed by atoms with Gasteiger partial charge in [-0.25, -0.2) is 0 Å². The van der Waals surface area contributed by atoms with Gasteiger partial charge in [0.25, 0.3) is 0 Å². The van der Waals surface area contributed by atoms with Crippen LogP contribution < -0.4 is 10.1 Å². The van der Waals surface area contributed by atoms with Crippen LogP contribution in [0.2, 0.25) is 0 Å². The van der Waals surface area contributed by atoms with E-state index in [1.54, 1.807) is 0 Å². The molecule has 1 aromatic heterocycles. The van der Waals surface area contributed by atoms with Gasteiger partial charge in [-0.15, -0.1) is 10.2 Å². The van der Waals surface area contributed by atoms with Crippen LogP contribution in [0.4, 0.5) is 0 Å². The molecule has 0 saturated heterocycles. The van der Waals surface area contributed by atoms with Gasteiger partial charge in [-0.05, 0) is 93.6 Å². The molecule has 1 atom stereocenters. The van der Waals surface area contributed by atoms with Gasteiger partial charge in [-0.2, -0.15) is 0 Å². The standard InChI is InChI=1S/C25H31N3O3/c1-5-26-25(15-29)11-10-18-6-7-20(13-21(18)14-25)24-28-27-23(31-24)19-8-9-22(17(4)12-19)30-16(2)3/h6-9,12-13,16,26,29H,5,10-11,14-15H2,1-4H3. The molecule has 0 amide bonds. The van der Waals surface area contributed by atoms with Crippen molar-refractivity contribution in [3.8, 4) is 28.7 Å². The summed E-state index contributed by atoms with van der Waals surface area (Å²) in [6.45, 7) is 9.08. The van der Waals surface area contributed by atoms with Crippen LogP contribution in [0.15, 0.2) is 40.8 Å². The van der Waals surface area contributed by atoms with Crippen molar-refractivity contribution in [2.24, 2.45) is 0 Å². The monoisotopic (exact) mass is 421 g/mol. The van der Waals surface area contributed by atoms with E-state index in [1.165, 1.54) is 11.1 Å². The van der Waals surface area contributed by atoms with E-state index >= 15 is 0 Å². The number of likely N-dealkylation sites (N-methyl/N-ethyl adjacent to an activating group) is 1. The van der Waals surface area contributed by atoms with E-state index in [1.807, 2.05) is 45.0 Å². The Morgan fingerprint density at radius 3 is 2.45 bits per heavy atom. The second-order valence-electron chi connectivity index (χ2n) is 8.69. The maximum atomic E-state index is 9.99. The lowest BCUT2D eigenvalue weighted by atomic mass is 9.78. The predicted molar refractivity (Wildman–Crippen MR) is 121 cm³/mol. The van der Waals surface area contributed by atoms with E-state index in [9.17, 15) is 5.11 Å². The van der Waals surface area contributed by atoms with E-state index in [4.69, 9.17) is 9.15 Å². The Kier molecular flexibility index (Phi) is 6.12. The number of benzene rings is 2. The number of aromatic nitrogens is 2. The number of fused-ring (bicyclic) bond motifs is 1. The van der Waals surface area contributed by atoms with Crippen LogP contribution in [0.5, 0.6) is 5.75 Å². The zero-order chi connectivity index (χ0) is 22.0. The van der Waals surface area contributed by atoms with Crippen LogP contribution in [0, 0.1) is 6.92 Å². The molecule has 0 spiro atoms. The number of aliphatic hydroxyl groups is 1. The predicted octanol–water partition coefficient (Wildman–Crippen LogP) is 4.33. The Morgan fingerprint density at radius 2 is 1.81 bits per heavy atom. The summed E-state index contributed by atoms with van der Waals surface area (Å²) in [5, 5.41) is 22.0. The molecule has 1 aliphatic carbocycles. The minimum absolute atomic E-state index is 0.126. The molecule has 3 aromatic rings. The van der Waals surface area contributed by atoms with Crippen LogP contribution in [0.25, 0.3) is 22.9 Å². The Labute approximate surface area is 183 Å². The molecule has 0 radical (unpaired) electrons. The molecule has 1 aliphatic rings. The van der Waals surface area contributed by atoms with E-state index in [0.717, 1.165) is 48.2 Å². The lowest BCUT2D eigenvalue weighted by molar-refractivity contribution is 0.147. The molecule has 2 aromatic carbocycles. The molecule has 164 valence electrons. The minimum atomic E-state index is -0.252. The first-order chi connectivity index (χ1) is 14.9. The van der Waals surface area contributed by atoms with Crippen molar-refractivity contribution in [2.75, 3.05) is 13.2 Å². The number of rotatable bonds is 7. The number of ether oxygens (including phenoxy) is 1. The van der Waals surface area contributed by atoms with Gasteiger partial charge >= 0.3 is 0 Å². The summed E-state index contributed by atoms with van der Waals surface area (Å²) in [5.41, 5.74) is 5.10. The van der Waals surface area contributed by atoms with Crippen LogP contribution in [-0.2, 0) is 12.8 Å². The molecule has 2 N–H and O–H groups in total. The number of aryl methyl sites for hydroxylation is 2. The average molecular weight is 422 g/mol. The second-order valence-corrected chi connectivity index (χ2v) is 8.69. The number of aliphatic hydroxyl groups excluding tert-OH is 1. The summed E-state index contributed by atoms with van der Waals surface area (Å²) in [5.74, 6) is 1.85. The molecule has 1 unspecified atom stereocenters. The maximum absolute atomic E-state index is 9.99. The second kappa shape index (κ2) is 8.81. The van der Waals surface area contributed by atoms with Crippen molar-refractivity contribution in [3.63, 3.8) is 0 Å². The first kappa shape index (κ1) is 21.5. The fraction of sp³-hybridized carbons (Fsp3) is 0.440. The van der Waals surface area contributed by atoms with E-state index in [2.05, 4.69) is 34.6 Å². The zero-order valence-corrected chi connectivity index (χ0v) is 18.7. The largest absolute Gasteiger partial charge is 0.491 e. The summed E-state index contributed by atoms with van der Waals surface area (Å²) in [6, 6.07) is 12.2. The Bertz CT molecular complexity index is 1060. The molecule has 0 saturated carbocycles. The number of nitrogens with zero attached hydrogens (tertiary/aromatic N) is 2. The number of hydrogen-bond acceptors (Lipinski definition) is 6. The Hall–Kier alpha value is -2.70. The quantitative estimate of drug-likeness (QED) is 0.591. The summed E-state index contributed by atoms with van der Waals surface area (Å²) < 4.78 is 11.8. The molecule has 0 bridgehead atoms. The highest BCUT2D eigenvalue weighted by atomic mass is 16.5. The van der Waals surface area contributed by atoms with Crippen LogP contribution in [-0.4, -0.2) is 40.1 Å². The third kappa shape index (κ3) is 4.50. The summed E-state index contributed by atoms with van der Waals surface area (Å²) >= 11 is 0. The normalized spacial score (nSPS) is 18.3. The van der Waals surface area contributed by atoms with E-state index in [0.29, 0.717) is 11.8 Å². The summed E-state index contributed by atoms with van der Waals surface area (Å²) in [7, 11) is 0. The van der Waals surface area contributed by atoms with Crippen LogP contribution in [0.3, 0.4) is 0 Å². The van der Waals surface area contributed by atoms with Crippen molar-refractivity contribution in [1.29, 1.82) is 0 Å². The smallest absolute Gasteiger partial charge is 0.248 e. The first-order valence-corrected chi connectivity index (χ1v) is 11.0. The van der Waals surface area contributed by atoms with Crippen LogP contribution in [0.1, 0.15) is 43.9 Å². The summed E-state index contributed by atoms with van der Waals surface area (Å²) in [4.78, 5) is 0. The minimum Gasteiger partial charge on any atom is -0.491 e. The fourth-order valence-electron chi connectivity index (χ4n) is 4.34. The lowest BCUT2D eigenvalue weighted by Gasteiger charge is -2.37. The summed E-state index contributed by atoms with van der Waals surface area (Å²) in [6.07, 6.45) is 2.80. The van der Waals surface area contributed by atoms with Gasteiger partial charge in [0.1, 0.15) is 5.75 Å². The molecular formula is C25H31N3O3. The van der Waals surface area contributed by atoms with Gasteiger partial charge in [0.2, 0.25) is 11.8 Å². The van der Waals surface area contributed by atoms with Crippen molar-refractivity contribution in [3.05, 3.63) is 53.1 Å². The van der Waals surface area contributed by atoms with E-state index < -0.39 is 0 Å². The first-order valence-electron chi connectivity index (χ1n) is 11.0. The molecule has 1 heterocycles. The zero-order valence-electron chi connectivity index (χ0n) is 18.7. The van der Waals surface area contributed by atoms with Gasteiger partial charge < -0.3 is 19.6 Å². The van der Waals surface area contributed by atoms with Gasteiger partial charge in [0.05, 0.1) is 12.7 Å². The highest BCUT2D eigenvalue weighted by Crippen LogP contribution is 2.33. The highest BCUT2D eigenvalue weighted by Gasteiger charge is 2.33. The van der Waals surface area contributed by atoms with Gasteiger partial charge in [-0.1, -0.05) is 13.0 Å². The topological polar surface area (TPSA) is 80.4 Å². The molecule has 0 fully saturated rings. The maximum Gasteiger partial charge on any atom is 0.248 e. The molecular weight excluding hydrogens is 390 g/mol. The molecule has 4 rings (SSSR count). The van der Waals surface area contributed by atoms with Gasteiger partial charge in [0.15, 0.2) is 0 Å². The van der Waals surface area contributed by atoms with Crippen molar-refractivity contribution < 1.29 is 14.3 Å². The molecule has 31 heavy (non-hydrogen) atoms. The Morgan fingerprint density at radius 1 is 1.10 bits per heavy atom. The third-order valence-corrected chi connectivity index (χ3v) is 5.92. The molecule has 6 nitrogen and oxygen atoms in total. The van der Waals surface area contributed by atoms with E-state index in [-0.39, 0.29) is 18.2 Å². The van der Waals surface area contributed by atoms with Crippen molar-refractivity contribution in [1.82, 2.24) is 15.5 Å². The molecule has 0 aliphatic heterocycles. The van der Waals surface area contributed by atoms with Crippen LogP contribution >= 0.6 is 0 Å². The highest BCUT2D eigenvalue weighted by molar-refractivity contribution is 5.61. The Balaban J connectivity index is 1.59. The molecule has 6 heteroatoms. The van der Waals surface area contributed by atoms with Crippen molar-refractivity contribution >= 4 is 0 Å². The number of hydrogen-bond donors (Lipinski definition) is 2. The van der Waals surface area contributed by atoms with Crippen molar-refractivity contribution in [2.45, 2.75) is 58.6 Å². The average Bonchev–Trinajstić information content (AvgIpc) is 3.25.